The summed E-state index contributed by atoms with van der Waals surface area (Å²) in [4.78, 5) is 2.63. The molecule has 1 fully saturated rings. The minimum absolute atomic E-state index is 0.737. The van der Waals surface area contributed by atoms with Gasteiger partial charge in [-0.25, -0.2) is 0 Å². The molecule has 0 saturated carbocycles. The van der Waals surface area contributed by atoms with Crippen molar-refractivity contribution in [3.63, 3.8) is 0 Å². The van der Waals surface area contributed by atoms with Gasteiger partial charge in [-0.3, -0.25) is 4.90 Å². The second-order valence-electron chi connectivity index (χ2n) is 5.41. The number of nitrogens with one attached hydrogen (secondary N) is 1. The minimum Gasteiger partial charge on any atom is -0.315 e. The minimum atomic E-state index is 0.737. The topological polar surface area (TPSA) is 15.3 Å². The van der Waals surface area contributed by atoms with Crippen LogP contribution in [0.4, 0.5) is 0 Å². The molecule has 1 unspecified atom stereocenters. The maximum atomic E-state index is 3.60. The molecule has 1 rings (SSSR count). The first-order valence-corrected chi connectivity index (χ1v) is 7.08. The summed E-state index contributed by atoms with van der Waals surface area (Å²) >= 11 is 0. The van der Waals surface area contributed by atoms with Crippen LogP contribution in [0.3, 0.4) is 0 Å². The van der Waals surface area contributed by atoms with Crippen molar-refractivity contribution in [3.8, 4) is 11.8 Å². The Balaban J connectivity index is 2.28. The fourth-order valence-electron chi connectivity index (χ4n) is 2.45. The average molecular weight is 236 g/mol. The monoisotopic (exact) mass is 236 g/mol. The molecule has 1 N–H and O–H groups in total. The molecule has 0 spiro atoms. The van der Waals surface area contributed by atoms with Gasteiger partial charge in [0.05, 0.1) is 0 Å². The van der Waals surface area contributed by atoms with Crippen molar-refractivity contribution in [1.82, 2.24) is 10.2 Å². The van der Waals surface area contributed by atoms with Gasteiger partial charge in [-0.1, -0.05) is 20.3 Å². The Hall–Kier alpha value is -0.520. The van der Waals surface area contributed by atoms with Crippen molar-refractivity contribution >= 4 is 0 Å². The molecule has 0 radical (unpaired) electrons. The van der Waals surface area contributed by atoms with E-state index in [0.29, 0.717) is 0 Å². The van der Waals surface area contributed by atoms with Gasteiger partial charge in [0.1, 0.15) is 0 Å². The number of likely N-dealkylation sites (tertiary alicyclic amines) is 1. The van der Waals surface area contributed by atoms with Crippen molar-refractivity contribution in [2.75, 3.05) is 26.2 Å². The number of hydrogen-bond acceptors (Lipinski definition) is 2. The first-order chi connectivity index (χ1) is 8.24. The molecule has 17 heavy (non-hydrogen) atoms. The molecular weight excluding hydrogens is 208 g/mol. The normalized spacial score (nSPS) is 21.3. The summed E-state index contributed by atoms with van der Waals surface area (Å²) in [5.41, 5.74) is 0. The Morgan fingerprint density at radius 2 is 2.18 bits per heavy atom. The van der Waals surface area contributed by atoms with Crippen LogP contribution in [-0.4, -0.2) is 37.1 Å². The van der Waals surface area contributed by atoms with Crippen LogP contribution >= 0.6 is 0 Å². The SMILES string of the molecule is CC#CCCN1CCCCC1CNCC(C)C. The van der Waals surface area contributed by atoms with Gasteiger partial charge >= 0.3 is 0 Å². The average Bonchev–Trinajstić information content (AvgIpc) is 2.31. The fourth-order valence-corrected chi connectivity index (χ4v) is 2.45. The first kappa shape index (κ1) is 14.5. The summed E-state index contributed by atoms with van der Waals surface area (Å²) in [5.74, 6) is 6.91. The quantitative estimate of drug-likeness (QED) is 0.713. The van der Waals surface area contributed by atoms with E-state index < -0.39 is 0 Å². The highest BCUT2D eigenvalue weighted by molar-refractivity contribution is 4.96. The van der Waals surface area contributed by atoms with Gasteiger partial charge in [0.15, 0.2) is 0 Å². The van der Waals surface area contributed by atoms with Crippen LogP contribution in [-0.2, 0) is 0 Å². The van der Waals surface area contributed by atoms with E-state index in [1.54, 1.807) is 0 Å². The summed E-state index contributed by atoms with van der Waals surface area (Å²) in [7, 11) is 0. The molecule has 0 bridgehead atoms. The Bertz CT molecular complexity index is 249. The zero-order chi connectivity index (χ0) is 12.5. The maximum absolute atomic E-state index is 3.60. The van der Waals surface area contributed by atoms with E-state index in [9.17, 15) is 0 Å². The van der Waals surface area contributed by atoms with Crippen LogP contribution in [0.15, 0.2) is 0 Å². The first-order valence-electron chi connectivity index (χ1n) is 7.08. The second kappa shape index (κ2) is 8.55. The van der Waals surface area contributed by atoms with Gasteiger partial charge in [-0.05, 0) is 38.8 Å². The molecule has 0 aromatic heterocycles. The van der Waals surface area contributed by atoms with E-state index in [1.807, 2.05) is 6.92 Å². The van der Waals surface area contributed by atoms with Crippen LogP contribution in [0.5, 0.6) is 0 Å². The largest absolute Gasteiger partial charge is 0.315 e. The molecular formula is C15H28N2. The standard InChI is InChI=1S/C15H28N2/c1-4-5-7-10-17-11-8-6-9-15(17)13-16-12-14(2)3/h14-16H,6-13H2,1-3H3. The zero-order valence-corrected chi connectivity index (χ0v) is 11.8. The number of nitrogens with zero attached hydrogens (tertiary/aromatic N) is 1. The molecule has 1 aliphatic heterocycles. The maximum Gasteiger partial charge on any atom is 0.0221 e. The lowest BCUT2D eigenvalue weighted by atomic mass is 10.0. The third-order valence-corrected chi connectivity index (χ3v) is 3.38. The molecule has 2 nitrogen and oxygen atoms in total. The Morgan fingerprint density at radius 3 is 2.88 bits per heavy atom. The highest BCUT2D eigenvalue weighted by atomic mass is 15.2. The van der Waals surface area contributed by atoms with Crippen molar-refractivity contribution in [2.45, 2.75) is 52.5 Å². The van der Waals surface area contributed by atoms with Gasteiger partial charge in [-0.2, -0.15) is 0 Å². The number of rotatable bonds is 6. The third kappa shape index (κ3) is 6.10. The van der Waals surface area contributed by atoms with Gasteiger partial charge in [0, 0.05) is 25.6 Å². The lowest BCUT2D eigenvalue weighted by molar-refractivity contribution is 0.148. The second-order valence-corrected chi connectivity index (χ2v) is 5.41. The third-order valence-electron chi connectivity index (χ3n) is 3.38. The summed E-state index contributed by atoms with van der Waals surface area (Å²) in [5, 5.41) is 3.60. The fraction of sp³-hybridized carbons (Fsp3) is 0.867. The van der Waals surface area contributed by atoms with Gasteiger partial charge in [0.25, 0.3) is 0 Å². The van der Waals surface area contributed by atoms with Crippen LogP contribution < -0.4 is 5.32 Å². The summed E-state index contributed by atoms with van der Waals surface area (Å²) in [6.07, 6.45) is 5.13. The highest BCUT2D eigenvalue weighted by Crippen LogP contribution is 2.16. The Labute approximate surface area is 107 Å². The van der Waals surface area contributed by atoms with Crippen molar-refractivity contribution in [3.05, 3.63) is 0 Å². The summed E-state index contributed by atoms with van der Waals surface area (Å²) in [6, 6.07) is 0.737. The predicted octanol–water partition coefficient (Wildman–Crippen LogP) is 2.50. The molecule has 2 heteroatoms. The smallest absolute Gasteiger partial charge is 0.0221 e. The van der Waals surface area contributed by atoms with Gasteiger partial charge < -0.3 is 5.32 Å². The summed E-state index contributed by atoms with van der Waals surface area (Å²) in [6.45, 7) is 11.2. The lowest BCUT2D eigenvalue weighted by Gasteiger charge is -2.35. The van der Waals surface area contributed by atoms with Crippen LogP contribution in [0.25, 0.3) is 0 Å². The number of hydrogen-bond donors (Lipinski definition) is 1. The Kier molecular flexibility index (Phi) is 7.32. The molecule has 0 aromatic carbocycles. The van der Waals surface area contributed by atoms with Crippen molar-refractivity contribution < 1.29 is 0 Å². The molecule has 1 atom stereocenters. The van der Waals surface area contributed by atoms with E-state index in [0.717, 1.165) is 38.0 Å². The molecule has 1 saturated heterocycles. The van der Waals surface area contributed by atoms with Crippen LogP contribution in [0.1, 0.15) is 46.5 Å². The molecule has 0 aromatic rings. The predicted molar refractivity (Wildman–Crippen MR) is 75.0 cm³/mol. The van der Waals surface area contributed by atoms with E-state index in [-0.39, 0.29) is 0 Å². The van der Waals surface area contributed by atoms with Crippen molar-refractivity contribution in [1.29, 1.82) is 0 Å². The molecule has 98 valence electrons. The molecule has 1 aliphatic rings. The molecule has 0 aliphatic carbocycles. The van der Waals surface area contributed by atoms with E-state index >= 15 is 0 Å². The number of piperidine rings is 1. The van der Waals surface area contributed by atoms with Gasteiger partial charge in [0.2, 0.25) is 0 Å². The zero-order valence-electron chi connectivity index (χ0n) is 11.8. The van der Waals surface area contributed by atoms with Crippen LogP contribution in [0.2, 0.25) is 0 Å². The highest BCUT2D eigenvalue weighted by Gasteiger charge is 2.21. The van der Waals surface area contributed by atoms with E-state index in [4.69, 9.17) is 0 Å². The Morgan fingerprint density at radius 1 is 1.35 bits per heavy atom. The molecule has 0 amide bonds. The van der Waals surface area contributed by atoms with E-state index in [2.05, 4.69) is 35.9 Å². The lowest BCUT2D eigenvalue weighted by Crippen LogP contribution is -2.46. The van der Waals surface area contributed by atoms with Crippen molar-refractivity contribution in [2.24, 2.45) is 5.92 Å². The van der Waals surface area contributed by atoms with Gasteiger partial charge in [-0.15, -0.1) is 11.8 Å². The van der Waals surface area contributed by atoms with Crippen LogP contribution in [0, 0.1) is 17.8 Å². The van der Waals surface area contributed by atoms with E-state index in [1.165, 1.54) is 25.8 Å². The molecule has 1 heterocycles. The summed E-state index contributed by atoms with van der Waals surface area (Å²) < 4.78 is 0.